The van der Waals surface area contributed by atoms with Gasteiger partial charge in [-0.3, -0.25) is 9.69 Å². The molecule has 23 heavy (non-hydrogen) atoms. The van der Waals surface area contributed by atoms with Gasteiger partial charge in [0.25, 0.3) is 5.91 Å². The van der Waals surface area contributed by atoms with Gasteiger partial charge < -0.3 is 4.90 Å². The Hall–Kier alpha value is -2.43. The first kappa shape index (κ1) is 15.5. The van der Waals surface area contributed by atoms with Crippen LogP contribution in [-0.4, -0.2) is 42.2 Å². The summed E-state index contributed by atoms with van der Waals surface area (Å²) in [6.07, 6.45) is 6.70. The molecule has 5 heteroatoms. The van der Waals surface area contributed by atoms with Crippen molar-refractivity contribution in [1.82, 2.24) is 9.80 Å². The van der Waals surface area contributed by atoms with Crippen LogP contribution in [0, 0.1) is 5.82 Å². The van der Waals surface area contributed by atoms with Crippen LogP contribution in [0.3, 0.4) is 0 Å². The summed E-state index contributed by atoms with van der Waals surface area (Å²) in [5, 5.41) is 0. The number of nitrogens with zero attached hydrogens (tertiary/aromatic N) is 3. The molecule has 0 unspecified atom stereocenters. The first-order chi connectivity index (χ1) is 11.0. The fourth-order valence-electron chi connectivity index (χ4n) is 2.85. The van der Waals surface area contributed by atoms with E-state index in [-0.39, 0.29) is 11.7 Å². The Morgan fingerprint density at radius 3 is 2.65 bits per heavy atom. The highest BCUT2D eigenvalue weighted by Crippen LogP contribution is 2.27. The first-order valence-corrected chi connectivity index (χ1v) is 7.80. The molecule has 1 amide bonds. The van der Waals surface area contributed by atoms with Crippen molar-refractivity contribution in [2.24, 2.45) is 4.99 Å². The van der Waals surface area contributed by atoms with Crippen molar-refractivity contribution in [1.29, 1.82) is 0 Å². The van der Waals surface area contributed by atoms with E-state index in [1.165, 1.54) is 12.1 Å². The molecule has 0 atom stereocenters. The van der Waals surface area contributed by atoms with Crippen LogP contribution in [0.1, 0.15) is 24.8 Å². The van der Waals surface area contributed by atoms with E-state index in [0.29, 0.717) is 12.2 Å². The zero-order valence-corrected chi connectivity index (χ0v) is 13.4. The molecule has 1 aromatic rings. The number of hydrogen-bond donors (Lipinski definition) is 0. The zero-order valence-electron chi connectivity index (χ0n) is 13.4. The molecule has 1 saturated heterocycles. The van der Waals surface area contributed by atoms with Crippen LogP contribution in [0.2, 0.25) is 0 Å². The highest BCUT2D eigenvalue weighted by atomic mass is 19.1. The molecule has 1 fully saturated rings. The predicted octanol–water partition coefficient (Wildman–Crippen LogP) is 3.04. The molecule has 0 saturated carbocycles. The number of fused-ring (bicyclic) bond motifs is 1. The third-order valence-corrected chi connectivity index (χ3v) is 3.90. The van der Waals surface area contributed by atoms with Crippen LogP contribution >= 0.6 is 0 Å². The van der Waals surface area contributed by atoms with Crippen LogP contribution in [0.5, 0.6) is 0 Å². The Bertz CT molecular complexity index is 701. The van der Waals surface area contributed by atoms with Gasteiger partial charge in [0.2, 0.25) is 0 Å². The van der Waals surface area contributed by atoms with Gasteiger partial charge in [-0.2, -0.15) is 0 Å². The predicted molar refractivity (Wildman–Crippen MR) is 89.1 cm³/mol. The minimum absolute atomic E-state index is 0.0733. The molecular formula is C18H20FN3O. The van der Waals surface area contributed by atoms with E-state index in [9.17, 15) is 9.18 Å². The van der Waals surface area contributed by atoms with Gasteiger partial charge in [-0.15, -0.1) is 0 Å². The molecule has 0 aliphatic carbocycles. The molecule has 0 bridgehead atoms. The third kappa shape index (κ3) is 3.33. The summed E-state index contributed by atoms with van der Waals surface area (Å²) in [4.78, 5) is 20.9. The Balaban J connectivity index is 1.98. The number of amidine groups is 1. The summed E-state index contributed by atoms with van der Waals surface area (Å²) < 4.78 is 13.0. The molecule has 4 nitrogen and oxygen atoms in total. The number of benzene rings is 1. The summed E-state index contributed by atoms with van der Waals surface area (Å²) in [7, 11) is 3.93. The second-order valence-electron chi connectivity index (χ2n) is 6.05. The fourth-order valence-corrected chi connectivity index (χ4v) is 2.85. The minimum Gasteiger partial charge on any atom is -0.383 e. The smallest absolute Gasteiger partial charge is 0.278 e. The lowest BCUT2D eigenvalue weighted by atomic mass is 10.1. The molecule has 0 spiro atoms. The summed E-state index contributed by atoms with van der Waals surface area (Å²) in [6, 6.07) is 6.06. The van der Waals surface area contributed by atoms with Crippen LogP contribution in [0.4, 0.5) is 4.39 Å². The van der Waals surface area contributed by atoms with Gasteiger partial charge in [-0.1, -0.05) is 12.1 Å². The van der Waals surface area contributed by atoms with Gasteiger partial charge in [-0.25, -0.2) is 9.38 Å². The highest BCUT2D eigenvalue weighted by molar-refractivity contribution is 6.19. The third-order valence-electron chi connectivity index (χ3n) is 3.90. The van der Waals surface area contributed by atoms with Crippen molar-refractivity contribution < 1.29 is 9.18 Å². The van der Waals surface area contributed by atoms with Gasteiger partial charge in [0.05, 0.1) is 0 Å². The molecule has 0 N–H and O–H groups in total. The normalized spacial score (nSPS) is 21.4. The first-order valence-electron chi connectivity index (χ1n) is 7.80. The number of aliphatic imine (C=N–C) groups is 1. The fraction of sp³-hybridized carbons (Fsp3) is 0.333. The Morgan fingerprint density at radius 1 is 1.22 bits per heavy atom. The van der Waals surface area contributed by atoms with Crippen molar-refractivity contribution in [2.75, 3.05) is 20.6 Å². The Kier molecular flexibility index (Phi) is 4.28. The van der Waals surface area contributed by atoms with Crippen LogP contribution in [-0.2, 0) is 4.79 Å². The Labute approximate surface area is 135 Å². The summed E-state index contributed by atoms with van der Waals surface area (Å²) in [5.41, 5.74) is 2.27. The molecule has 3 rings (SSSR count). The van der Waals surface area contributed by atoms with E-state index in [2.05, 4.69) is 4.99 Å². The van der Waals surface area contributed by atoms with Crippen molar-refractivity contribution in [3.63, 3.8) is 0 Å². The van der Waals surface area contributed by atoms with E-state index in [1.807, 2.05) is 25.2 Å². The second-order valence-corrected chi connectivity index (χ2v) is 6.05. The number of hydrogen-bond acceptors (Lipinski definition) is 3. The summed E-state index contributed by atoms with van der Waals surface area (Å²) in [6.45, 7) is 0.698. The zero-order chi connectivity index (χ0) is 16.4. The van der Waals surface area contributed by atoms with Crippen LogP contribution < -0.4 is 0 Å². The molecule has 2 aliphatic heterocycles. The lowest BCUT2D eigenvalue weighted by Gasteiger charge is -2.17. The standard InChI is InChI=1S/C18H20FN3O/c1-21(2)12-14-5-3-4-10-22-17(14)20-16(18(22)23)11-13-6-8-15(19)9-7-13/h6-9,11-12H,3-5,10H2,1-2H3/b14-12?,16-11+. The maximum atomic E-state index is 13.0. The Morgan fingerprint density at radius 2 is 1.96 bits per heavy atom. The summed E-state index contributed by atoms with van der Waals surface area (Å²) >= 11 is 0. The molecule has 0 radical (unpaired) electrons. The maximum absolute atomic E-state index is 13.0. The second kappa shape index (κ2) is 6.36. The van der Waals surface area contributed by atoms with Crippen molar-refractivity contribution in [3.8, 4) is 0 Å². The van der Waals surface area contributed by atoms with Gasteiger partial charge in [-0.05, 0) is 43.0 Å². The molecule has 2 aliphatic rings. The lowest BCUT2D eigenvalue weighted by Crippen LogP contribution is -2.32. The highest BCUT2D eigenvalue weighted by Gasteiger charge is 2.33. The molecular weight excluding hydrogens is 293 g/mol. The van der Waals surface area contributed by atoms with Gasteiger partial charge in [0, 0.05) is 32.4 Å². The van der Waals surface area contributed by atoms with Crippen molar-refractivity contribution in [3.05, 3.63) is 53.1 Å². The largest absolute Gasteiger partial charge is 0.383 e. The van der Waals surface area contributed by atoms with Crippen LogP contribution in [0.15, 0.2) is 46.7 Å². The van der Waals surface area contributed by atoms with Gasteiger partial charge >= 0.3 is 0 Å². The molecule has 120 valence electrons. The van der Waals surface area contributed by atoms with Crippen molar-refractivity contribution >= 4 is 17.8 Å². The van der Waals surface area contributed by atoms with Crippen molar-refractivity contribution in [2.45, 2.75) is 19.3 Å². The van der Waals surface area contributed by atoms with E-state index >= 15 is 0 Å². The minimum atomic E-state index is -0.290. The number of carbonyl (C=O) groups excluding carboxylic acids is 1. The average molecular weight is 313 g/mol. The molecule has 2 heterocycles. The lowest BCUT2D eigenvalue weighted by molar-refractivity contribution is -0.122. The number of rotatable bonds is 2. The van der Waals surface area contributed by atoms with Gasteiger partial charge in [0.1, 0.15) is 17.3 Å². The van der Waals surface area contributed by atoms with Crippen LogP contribution in [0.25, 0.3) is 6.08 Å². The number of carbonyl (C=O) groups is 1. The maximum Gasteiger partial charge on any atom is 0.278 e. The van der Waals surface area contributed by atoms with E-state index in [4.69, 9.17) is 0 Å². The van der Waals surface area contributed by atoms with E-state index in [0.717, 1.165) is 36.2 Å². The van der Waals surface area contributed by atoms with E-state index < -0.39 is 0 Å². The molecule has 0 aromatic heterocycles. The number of amides is 1. The van der Waals surface area contributed by atoms with E-state index in [1.54, 1.807) is 23.1 Å². The number of halogens is 1. The topological polar surface area (TPSA) is 35.9 Å². The quantitative estimate of drug-likeness (QED) is 0.787. The molecule has 1 aromatic carbocycles. The summed E-state index contributed by atoms with van der Waals surface area (Å²) in [5.74, 6) is 0.395. The van der Waals surface area contributed by atoms with Gasteiger partial charge in [0.15, 0.2) is 0 Å². The SMILES string of the molecule is CN(C)C=C1CCCCN2C(=O)/C(=C\c3ccc(F)cc3)N=C12. The monoisotopic (exact) mass is 313 g/mol. The average Bonchev–Trinajstić information content (AvgIpc) is 2.68.